The largest absolute Gasteiger partial charge is 0.507 e. The molecule has 0 unspecified atom stereocenters. The van der Waals surface area contributed by atoms with Crippen LogP contribution in [-0.2, 0) is 4.79 Å². The summed E-state index contributed by atoms with van der Waals surface area (Å²) < 4.78 is 16.5. The summed E-state index contributed by atoms with van der Waals surface area (Å²) in [7, 11) is 0. The minimum atomic E-state index is -0.736. The number of anilines is 2. The first-order valence-electron chi connectivity index (χ1n) is 14.3. The molecule has 0 aliphatic carbocycles. The molecule has 1 aliphatic heterocycles. The van der Waals surface area contributed by atoms with E-state index < -0.39 is 11.5 Å². The van der Waals surface area contributed by atoms with Gasteiger partial charge in [-0.05, 0) is 43.0 Å². The number of carbonyl (C=O) groups excluding carboxylic acids is 1. The first-order chi connectivity index (χ1) is 20.8. The van der Waals surface area contributed by atoms with Gasteiger partial charge in [-0.2, -0.15) is 4.98 Å². The van der Waals surface area contributed by atoms with Crippen molar-refractivity contribution >= 4 is 40.3 Å². The van der Waals surface area contributed by atoms with Crippen molar-refractivity contribution in [2.45, 2.75) is 52.5 Å². The van der Waals surface area contributed by atoms with E-state index in [1.807, 2.05) is 39.5 Å². The second-order valence-electron chi connectivity index (χ2n) is 11.4. The standard InChI is InChI=1S/C31H34ClFN8O3/c1-7-22(43)39-11-12-40(17(6)14-39)28-18-13-19(32)26(23-20(33)9-8-10-21(23)42)35-29(18)41(31(44)38-28)27-24(15(2)3)36-30(34)37-25(27)16(4)5/h7-10,13,15-17,42H,1,11-12,14H2,2-6H3,(H2,34,36,37)/t17-/m0/s1. The number of nitrogens with two attached hydrogens (primary N) is 1. The molecule has 3 N–H and O–H groups in total. The van der Waals surface area contributed by atoms with Gasteiger partial charge in [0.15, 0.2) is 5.65 Å². The van der Waals surface area contributed by atoms with Crippen molar-refractivity contribution in [3.8, 4) is 22.7 Å². The molecule has 230 valence electrons. The number of phenolic OH excluding ortho intramolecular Hbond substituents is 1. The van der Waals surface area contributed by atoms with Gasteiger partial charge in [-0.1, -0.05) is 51.9 Å². The Hall–Kier alpha value is -4.58. The summed E-state index contributed by atoms with van der Waals surface area (Å²) in [6, 6.07) is 5.23. The maximum Gasteiger partial charge on any atom is 0.355 e. The van der Waals surface area contributed by atoms with E-state index in [1.165, 1.54) is 28.8 Å². The number of rotatable bonds is 6. The van der Waals surface area contributed by atoms with Crippen molar-refractivity contribution in [1.29, 1.82) is 0 Å². The van der Waals surface area contributed by atoms with Crippen molar-refractivity contribution in [2.24, 2.45) is 0 Å². The zero-order valence-electron chi connectivity index (χ0n) is 25.2. The Labute approximate surface area is 258 Å². The van der Waals surface area contributed by atoms with E-state index >= 15 is 4.39 Å². The van der Waals surface area contributed by atoms with Crippen LogP contribution < -0.4 is 16.3 Å². The van der Waals surface area contributed by atoms with Crippen LogP contribution >= 0.6 is 11.6 Å². The third kappa shape index (κ3) is 5.34. The number of carbonyl (C=O) groups is 1. The third-order valence-electron chi connectivity index (χ3n) is 7.69. The number of piperazine rings is 1. The van der Waals surface area contributed by atoms with Gasteiger partial charge in [0.05, 0.1) is 38.7 Å². The second kappa shape index (κ2) is 11.8. The maximum atomic E-state index is 15.1. The number of phenols is 1. The van der Waals surface area contributed by atoms with E-state index in [9.17, 15) is 14.7 Å². The smallest absolute Gasteiger partial charge is 0.355 e. The van der Waals surface area contributed by atoms with Crippen molar-refractivity contribution < 1.29 is 14.3 Å². The molecule has 44 heavy (non-hydrogen) atoms. The number of hydrogen-bond acceptors (Lipinski definition) is 9. The molecule has 11 nitrogen and oxygen atoms in total. The molecule has 0 bridgehead atoms. The summed E-state index contributed by atoms with van der Waals surface area (Å²) in [6.07, 6.45) is 1.27. The number of hydrogen-bond donors (Lipinski definition) is 2. The quantitative estimate of drug-likeness (QED) is 0.291. The molecular formula is C31H34ClFN8O3. The van der Waals surface area contributed by atoms with Gasteiger partial charge in [0.25, 0.3) is 0 Å². The highest BCUT2D eigenvalue weighted by molar-refractivity contribution is 6.34. The molecular weight excluding hydrogens is 587 g/mol. The number of nitrogens with zero attached hydrogens (tertiary/aromatic N) is 7. The van der Waals surface area contributed by atoms with Gasteiger partial charge in [-0.3, -0.25) is 4.79 Å². The Morgan fingerprint density at radius 2 is 1.80 bits per heavy atom. The number of amides is 1. The molecule has 3 aromatic heterocycles. The van der Waals surface area contributed by atoms with Gasteiger partial charge in [0.1, 0.15) is 17.4 Å². The highest BCUT2D eigenvalue weighted by Gasteiger charge is 2.31. The summed E-state index contributed by atoms with van der Waals surface area (Å²) in [4.78, 5) is 48.4. The van der Waals surface area contributed by atoms with Gasteiger partial charge >= 0.3 is 5.69 Å². The summed E-state index contributed by atoms with van der Waals surface area (Å²) in [6.45, 7) is 14.3. The predicted molar refractivity (Wildman–Crippen MR) is 169 cm³/mol. The molecule has 1 atom stereocenters. The minimum absolute atomic E-state index is 0.0426. The zero-order valence-corrected chi connectivity index (χ0v) is 25.9. The molecule has 1 fully saturated rings. The van der Waals surface area contributed by atoms with E-state index in [4.69, 9.17) is 22.3 Å². The Bertz CT molecular complexity index is 1810. The van der Waals surface area contributed by atoms with Crippen molar-refractivity contribution in [3.05, 3.63) is 69.6 Å². The minimum Gasteiger partial charge on any atom is -0.507 e. The SMILES string of the molecule is C=CC(=O)N1CCN(c2nc(=O)n(-c3c(C(C)C)nc(N)nc3C(C)C)c3nc(-c4c(O)cccc4F)c(Cl)cc23)[C@@H](C)C1. The lowest BCUT2D eigenvalue weighted by molar-refractivity contribution is -0.126. The monoisotopic (exact) mass is 620 g/mol. The Morgan fingerprint density at radius 3 is 2.36 bits per heavy atom. The lowest BCUT2D eigenvalue weighted by Crippen LogP contribution is -2.54. The van der Waals surface area contributed by atoms with Gasteiger partial charge in [0.2, 0.25) is 11.9 Å². The molecule has 4 aromatic rings. The molecule has 5 rings (SSSR count). The molecule has 4 heterocycles. The lowest BCUT2D eigenvalue weighted by atomic mass is 10.0. The summed E-state index contributed by atoms with van der Waals surface area (Å²) in [5.74, 6) is -1.25. The Kier molecular flexibility index (Phi) is 8.30. The summed E-state index contributed by atoms with van der Waals surface area (Å²) >= 11 is 6.76. The molecule has 0 saturated carbocycles. The fourth-order valence-electron chi connectivity index (χ4n) is 5.59. The van der Waals surface area contributed by atoms with E-state index in [0.717, 1.165) is 0 Å². The number of aromatic nitrogens is 5. The Balaban J connectivity index is 1.88. The number of halogens is 2. The summed E-state index contributed by atoms with van der Waals surface area (Å²) in [5, 5.41) is 11.1. The van der Waals surface area contributed by atoms with Crippen LogP contribution in [0.15, 0.2) is 41.7 Å². The molecule has 0 spiro atoms. The Morgan fingerprint density at radius 1 is 1.14 bits per heavy atom. The highest BCUT2D eigenvalue weighted by Crippen LogP contribution is 2.39. The molecule has 1 aromatic carbocycles. The van der Waals surface area contributed by atoms with Crippen LogP contribution in [0.3, 0.4) is 0 Å². The number of nitrogen functional groups attached to an aromatic ring is 1. The molecule has 0 radical (unpaired) electrons. The van der Waals surface area contributed by atoms with E-state index in [2.05, 4.69) is 21.5 Å². The predicted octanol–water partition coefficient (Wildman–Crippen LogP) is 4.79. The molecule has 1 amide bonds. The van der Waals surface area contributed by atoms with Crippen LogP contribution in [-0.4, -0.2) is 66.1 Å². The van der Waals surface area contributed by atoms with Gasteiger partial charge < -0.3 is 20.6 Å². The highest BCUT2D eigenvalue weighted by atomic mass is 35.5. The van der Waals surface area contributed by atoms with Crippen LogP contribution in [0.4, 0.5) is 16.2 Å². The van der Waals surface area contributed by atoms with Crippen LogP contribution in [0.2, 0.25) is 5.02 Å². The number of fused-ring (bicyclic) bond motifs is 1. The number of benzene rings is 1. The van der Waals surface area contributed by atoms with E-state index in [-0.39, 0.29) is 57.4 Å². The normalized spacial score (nSPS) is 15.4. The van der Waals surface area contributed by atoms with Crippen molar-refractivity contribution in [1.82, 2.24) is 29.4 Å². The van der Waals surface area contributed by atoms with E-state index in [0.29, 0.717) is 47.9 Å². The van der Waals surface area contributed by atoms with Gasteiger partial charge in [-0.15, -0.1) is 0 Å². The molecule has 1 saturated heterocycles. The molecule has 1 aliphatic rings. The number of pyridine rings is 1. The average Bonchev–Trinajstić information content (AvgIpc) is 2.96. The van der Waals surface area contributed by atoms with Crippen LogP contribution in [0, 0.1) is 5.82 Å². The van der Waals surface area contributed by atoms with Crippen LogP contribution in [0.1, 0.15) is 57.8 Å². The third-order valence-corrected chi connectivity index (χ3v) is 7.98. The fourth-order valence-corrected chi connectivity index (χ4v) is 5.84. The summed E-state index contributed by atoms with van der Waals surface area (Å²) in [5.41, 5.74) is 6.69. The fraction of sp³-hybridized carbons (Fsp3) is 0.355. The first-order valence-corrected chi connectivity index (χ1v) is 14.7. The topological polar surface area (TPSA) is 143 Å². The van der Waals surface area contributed by atoms with Crippen molar-refractivity contribution in [3.63, 3.8) is 0 Å². The average molecular weight is 621 g/mol. The zero-order chi connectivity index (χ0) is 32.0. The van der Waals surface area contributed by atoms with Gasteiger partial charge in [-0.25, -0.2) is 28.7 Å². The van der Waals surface area contributed by atoms with Crippen LogP contribution in [0.25, 0.3) is 28.0 Å². The second-order valence-corrected chi connectivity index (χ2v) is 11.8. The van der Waals surface area contributed by atoms with Gasteiger partial charge in [0, 0.05) is 25.7 Å². The first kappa shape index (κ1) is 30.9. The van der Waals surface area contributed by atoms with Crippen molar-refractivity contribution in [2.75, 3.05) is 30.3 Å². The number of aromatic hydroxyl groups is 1. The van der Waals surface area contributed by atoms with Crippen LogP contribution in [0.5, 0.6) is 5.75 Å². The lowest BCUT2D eigenvalue weighted by Gasteiger charge is -2.40. The maximum absolute atomic E-state index is 15.1. The van der Waals surface area contributed by atoms with E-state index in [1.54, 1.807) is 11.0 Å². The molecule has 13 heteroatoms.